The first-order valence-corrected chi connectivity index (χ1v) is 9.61. The van der Waals surface area contributed by atoms with Crippen LogP contribution in [0.5, 0.6) is 0 Å². The van der Waals surface area contributed by atoms with Crippen molar-refractivity contribution in [3.8, 4) is 0 Å². The summed E-state index contributed by atoms with van der Waals surface area (Å²) < 4.78 is 11.1. The van der Waals surface area contributed by atoms with Crippen LogP contribution in [-0.2, 0) is 15.9 Å². The van der Waals surface area contributed by atoms with E-state index in [0.29, 0.717) is 0 Å². The first-order valence-electron chi connectivity index (χ1n) is 9.24. The number of nitrogens with one attached hydrogen (secondary N) is 2. The third kappa shape index (κ3) is 9.94. The molecule has 5 nitrogen and oxygen atoms in total. The van der Waals surface area contributed by atoms with Gasteiger partial charge in [0.1, 0.15) is 0 Å². The van der Waals surface area contributed by atoms with Crippen LogP contribution in [0, 0.1) is 0 Å². The molecule has 148 valence electrons. The highest BCUT2D eigenvalue weighted by Gasteiger charge is 2.15. The van der Waals surface area contributed by atoms with Gasteiger partial charge in [0.05, 0.1) is 12.7 Å². The number of ether oxygens (including phenoxy) is 2. The van der Waals surface area contributed by atoms with Gasteiger partial charge < -0.3 is 20.1 Å². The van der Waals surface area contributed by atoms with Gasteiger partial charge in [0.2, 0.25) is 0 Å². The first-order chi connectivity index (χ1) is 12.3. The molecule has 1 fully saturated rings. The fraction of sp³-hybridized carbons (Fsp3) is 0.632. The number of guanidine groups is 1. The summed E-state index contributed by atoms with van der Waals surface area (Å²) >= 11 is 5.90. The maximum absolute atomic E-state index is 5.90. The van der Waals surface area contributed by atoms with Crippen molar-refractivity contribution in [2.24, 2.45) is 4.99 Å². The Morgan fingerprint density at radius 1 is 1.27 bits per heavy atom. The maximum atomic E-state index is 5.90. The van der Waals surface area contributed by atoms with Crippen LogP contribution < -0.4 is 10.6 Å². The van der Waals surface area contributed by atoms with Gasteiger partial charge in [-0.15, -0.1) is 24.0 Å². The second-order valence-corrected chi connectivity index (χ2v) is 6.56. The summed E-state index contributed by atoms with van der Waals surface area (Å²) in [5.41, 5.74) is 1.30. The van der Waals surface area contributed by atoms with Gasteiger partial charge in [0.15, 0.2) is 5.96 Å². The molecule has 0 aromatic heterocycles. The Balaban J connectivity index is 0.00000338. The topological polar surface area (TPSA) is 54.9 Å². The van der Waals surface area contributed by atoms with Crippen LogP contribution in [0.2, 0.25) is 5.02 Å². The quantitative estimate of drug-likeness (QED) is 0.225. The smallest absolute Gasteiger partial charge is 0.191 e. The van der Waals surface area contributed by atoms with E-state index >= 15 is 0 Å². The van der Waals surface area contributed by atoms with Crippen molar-refractivity contribution in [2.45, 2.75) is 38.7 Å². The number of hydrogen-bond donors (Lipinski definition) is 2. The van der Waals surface area contributed by atoms with E-state index in [-0.39, 0.29) is 30.1 Å². The van der Waals surface area contributed by atoms with Gasteiger partial charge in [-0.1, -0.05) is 23.7 Å². The molecule has 1 aromatic carbocycles. The summed E-state index contributed by atoms with van der Waals surface area (Å²) in [6, 6.07) is 8.02. The van der Waals surface area contributed by atoms with Gasteiger partial charge in [0, 0.05) is 37.9 Å². The number of aryl methyl sites for hydroxylation is 1. The zero-order chi connectivity index (χ0) is 17.7. The molecule has 1 atom stereocenters. The van der Waals surface area contributed by atoms with Crippen molar-refractivity contribution in [1.82, 2.24) is 10.6 Å². The van der Waals surface area contributed by atoms with E-state index in [2.05, 4.69) is 34.7 Å². The fourth-order valence-electron chi connectivity index (χ4n) is 2.64. The third-order valence-electron chi connectivity index (χ3n) is 4.01. The third-order valence-corrected chi connectivity index (χ3v) is 4.26. The number of aliphatic imine (C=N–C) groups is 1. The van der Waals surface area contributed by atoms with Crippen molar-refractivity contribution in [2.75, 3.05) is 39.5 Å². The van der Waals surface area contributed by atoms with E-state index in [1.54, 1.807) is 0 Å². The van der Waals surface area contributed by atoms with Gasteiger partial charge in [-0.3, -0.25) is 4.99 Å². The first kappa shape index (κ1) is 23.5. The second-order valence-electron chi connectivity index (χ2n) is 6.13. The molecule has 1 aromatic rings. The van der Waals surface area contributed by atoms with Crippen LogP contribution >= 0.6 is 35.6 Å². The molecule has 0 spiro atoms. The lowest BCUT2D eigenvalue weighted by Crippen LogP contribution is -2.38. The SMILES string of the molecule is CCNC(=NCCCc1ccc(Cl)cc1)NCCCOC1CCOC1.I. The summed E-state index contributed by atoms with van der Waals surface area (Å²) in [6.45, 7) is 6.93. The van der Waals surface area contributed by atoms with Crippen LogP contribution in [-0.4, -0.2) is 51.5 Å². The maximum Gasteiger partial charge on any atom is 0.191 e. The number of halogens is 2. The Kier molecular flexibility index (Phi) is 13.1. The number of benzene rings is 1. The predicted octanol–water partition coefficient (Wildman–Crippen LogP) is 3.64. The highest BCUT2D eigenvalue weighted by Crippen LogP contribution is 2.11. The molecule has 0 amide bonds. The van der Waals surface area contributed by atoms with Crippen molar-refractivity contribution in [1.29, 1.82) is 0 Å². The van der Waals surface area contributed by atoms with Crippen LogP contribution in [0.4, 0.5) is 0 Å². The van der Waals surface area contributed by atoms with Crippen molar-refractivity contribution >= 4 is 41.5 Å². The van der Waals surface area contributed by atoms with Crippen LogP contribution in [0.15, 0.2) is 29.3 Å². The van der Waals surface area contributed by atoms with Gasteiger partial charge >= 0.3 is 0 Å². The number of hydrogen-bond acceptors (Lipinski definition) is 3. The zero-order valence-corrected chi connectivity index (χ0v) is 18.6. The minimum atomic E-state index is 0. The van der Waals surface area contributed by atoms with Gasteiger partial charge in [-0.2, -0.15) is 0 Å². The Bertz CT molecular complexity index is 508. The lowest BCUT2D eigenvalue weighted by molar-refractivity contribution is 0.0420. The molecule has 0 radical (unpaired) electrons. The zero-order valence-electron chi connectivity index (χ0n) is 15.5. The average molecular weight is 496 g/mol. The molecule has 26 heavy (non-hydrogen) atoms. The van der Waals surface area contributed by atoms with Gasteiger partial charge in [0.25, 0.3) is 0 Å². The van der Waals surface area contributed by atoms with E-state index in [4.69, 9.17) is 21.1 Å². The molecule has 0 aliphatic carbocycles. The molecule has 1 unspecified atom stereocenters. The molecule has 2 rings (SSSR count). The second kappa shape index (κ2) is 14.5. The fourth-order valence-corrected chi connectivity index (χ4v) is 2.77. The van der Waals surface area contributed by atoms with Crippen LogP contribution in [0.1, 0.15) is 31.7 Å². The van der Waals surface area contributed by atoms with E-state index < -0.39 is 0 Å². The largest absolute Gasteiger partial charge is 0.379 e. The summed E-state index contributed by atoms with van der Waals surface area (Å²) in [5.74, 6) is 0.878. The van der Waals surface area contributed by atoms with Crippen molar-refractivity contribution in [3.63, 3.8) is 0 Å². The minimum Gasteiger partial charge on any atom is -0.379 e. The average Bonchev–Trinajstić information content (AvgIpc) is 3.13. The number of rotatable bonds is 10. The molecule has 1 aliphatic rings. The molecule has 0 saturated carbocycles. The Labute approximate surface area is 179 Å². The molecule has 0 bridgehead atoms. The summed E-state index contributed by atoms with van der Waals surface area (Å²) in [6.07, 6.45) is 4.30. The van der Waals surface area contributed by atoms with Crippen LogP contribution in [0.25, 0.3) is 0 Å². The number of nitrogens with zero attached hydrogens (tertiary/aromatic N) is 1. The summed E-state index contributed by atoms with van der Waals surface area (Å²) in [7, 11) is 0. The Morgan fingerprint density at radius 3 is 2.77 bits per heavy atom. The Hall–Kier alpha value is -0.570. The molecule has 1 saturated heterocycles. The Morgan fingerprint density at radius 2 is 2.08 bits per heavy atom. The highest BCUT2D eigenvalue weighted by atomic mass is 127. The van der Waals surface area contributed by atoms with E-state index in [9.17, 15) is 0 Å². The van der Waals surface area contributed by atoms with Crippen molar-refractivity contribution < 1.29 is 9.47 Å². The van der Waals surface area contributed by atoms with Crippen molar-refractivity contribution in [3.05, 3.63) is 34.9 Å². The summed E-state index contributed by atoms with van der Waals surface area (Å²) in [4.78, 5) is 4.63. The normalized spacial score (nSPS) is 17.0. The van der Waals surface area contributed by atoms with Gasteiger partial charge in [-0.25, -0.2) is 0 Å². The standard InChI is InChI=1S/C19H30ClN3O2.HI/c1-2-21-19(23-12-4-13-25-18-10-14-24-15-18)22-11-3-5-16-6-8-17(20)9-7-16;/h6-9,18H,2-5,10-15H2,1H3,(H2,21,22,23);1H. The highest BCUT2D eigenvalue weighted by molar-refractivity contribution is 14.0. The van der Waals surface area contributed by atoms with E-state index in [1.165, 1.54) is 5.56 Å². The molecule has 2 N–H and O–H groups in total. The lowest BCUT2D eigenvalue weighted by Gasteiger charge is -2.13. The molecule has 1 aliphatic heterocycles. The molecular weight excluding hydrogens is 465 g/mol. The van der Waals surface area contributed by atoms with E-state index in [1.807, 2.05) is 12.1 Å². The van der Waals surface area contributed by atoms with E-state index in [0.717, 1.165) is 76.1 Å². The monoisotopic (exact) mass is 495 g/mol. The molecule has 7 heteroatoms. The predicted molar refractivity (Wildman–Crippen MR) is 119 cm³/mol. The lowest BCUT2D eigenvalue weighted by atomic mass is 10.1. The summed E-state index contributed by atoms with van der Waals surface area (Å²) in [5, 5.41) is 7.43. The molecular formula is C19H31ClIN3O2. The minimum absolute atomic E-state index is 0. The molecule has 1 heterocycles. The van der Waals surface area contributed by atoms with Gasteiger partial charge in [-0.05, 0) is 50.3 Å². The van der Waals surface area contributed by atoms with Crippen LogP contribution in [0.3, 0.4) is 0 Å².